The van der Waals surface area contributed by atoms with Gasteiger partial charge in [-0.25, -0.2) is 4.79 Å². The van der Waals surface area contributed by atoms with Crippen LogP contribution in [0.15, 0.2) is 24.3 Å². The Balaban J connectivity index is 2.50. The number of hydrogen-bond acceptors (Lipinski definition) is 4. The molecule has 0 amide bonds. The number of carbonyl (C=O) groups excluding carboxylic acids is 1. The maximum atomic E-state index is 11.8. The van der Waals surface area contributed by atoms with Crippen LogP contribution >= 0.6 is 11.8 Å². The van der Waals surface area contributed by atoms with E-state index in [2.05, 4.69) is 6.92 Å². The Morgan fingerprint density at radius 3 is 2.40 bits per heavy atom. The van der Waals surface area contributed by atoms with Crippen molar-refractivity contribution in [2.75, 3.05) is 38.2 Å². The Kier molecular flexibility index (Phi) is 7.41. The number of nitrogens with zero attached hydrogens (tertiary/aromatic N) is 2. The Bertz CT molecular complexity index is 407. The summed E-state index contributed by atoms with van der Waals surface area (Å²) in [5.41, 5.74) is 1.44. The third kappa shape index (κ3) is 5.80. The van der Waals surface area contributed by atoms with Crippen molar-refractivity contribution < 1.29 is 9.53 Å². The number of benzene rings is 1. The topological polar surface area (TPSA) is 32.8 Å². The highest BCUT2D eigenvalue weighted by Crippen LogP contribution is 2.18. The van der Waals surface area contributed by atoms with Gasteiger partial charge in [-0.2, -0.15) is 0 Å². The lowest BCUT2D eigenvalue weighted by Crippen LogP contribution is -2.20. The molecule has 1 aromatic rings. The van der Waals surface area contributed by atoms with Gasteiger partial charge in [0.05, 0.1) is 11.3 Å². The van der Waals surface area contributed by atoms with E-state index < -0.39 is 0 Å². The molecule has 0 heterocycles. The molecule has 4 nitrogen and oxygen atoms in total. The minimum absolute atomic E-state index is 0.298. The smallest absolute Gasteiger partial charge is 0.338 e. The first-order chi connectivity index (χ1) is 9.54. The molecule has 0 fully saturated rings. The van der Waals surface area contributed by atoms with Gasteiger partial charge >= 0.3 is 5.97 Å². The lowest BCUT2D eigenvalue weighted by molar-refractivity contribution is 0.0482. The van der Waals surface area contributed by atoms with Crippen LogP contribution in [0.4, 0.5) is 5.69 Å². The maximum absolute atomic E-state index is 11.8. The second-order valence-corrected chi connectivity index (χ2v) is 5.33. The van der Waals surface area contributed by atoms with Crippen LogP contribution in [0, 0.1) is 0 Å². The number of carbonyl (C=O) groups is 1. The summed E-state index contributed by atoms with van der Waals surface area (Å²) in [6.07, 6.45) is 2.14. The van der Waals surface area contributed by atoms with Crippen molar-refractivity contribution in [2.24, 2.45) is 0 Å². The zero-order valence-electron chi connectivity index (χ0n) is 12.4. The van der Waals surface area contributed by atoms with Gasteiger partial charge in [0.15, 0.2) is 0 Å². The van der Waals surface area contributed by atoms with E-state index in [1.165, 1.54) is 0 Å². The fourth-order valence-corrected chi connectivity index (χ4v) is 1.82. The van der Waals surface area contributed by atoms with Crippen LogP contribution in [-0.4, -0.2) is 44.7 Å². The highest BCUT2D eigenvalue weighted by atomic mass is 35.5. The Morgan fingerprint density at radius 2 is 1.85 bits per heavy atom. The zero-order valence-corrected chi connectivity index (χ0v) is 13.2. The molecule has 0 N–H and O–H groups in total. The number of rotatable bonds is 8. The summed E-state index contributed by atoms with van der Waals surface area (Å²) >= 11 is 6.15. The fourth-order valence-electron chi connectivity index (χ4n) is 1.59. The molecule has 0 bridgehead atoms. The normalized spacial score (nSPS) is 10.7. The van der Waals surface area contributed by atoms with Crippen molar-refractivity contribution in [3.8, 4) is 0 Å². The molecule has 5 heteroatoms. The van der Waals surface area contributed by atoms with Gasteiger partial charge < -0.3 is 9.64 Å². The van der Waals surface area contributed by atoms with Crippen LogP contribution in [-0.2, 0) is 4.74 Å². The van der Waals surface area contributed by atoms with Crippen molar-refractivity contribution in [2.45, 2.75) is 19.8 Å². The molecular weight excluding hydrogens is 276 g/mol. The molecule has 112 valence electrons. The van der Waals surface area contributed by atoms with Crippen molar-refractivity contribution in [3.05, 3.63) is 29.8 Å². The van der Waals surface area contributed by atoms with Gasteiger partial charge in [0.25, 0.3) is 0 Å². The van der Waals surface area contributed by atoms with Crippen LogP contribution in [0.1, 0.15) is 30.1 Å². The first-order valence-corrected chi connectivity index (χ1v) is 7.23. The first kappa shape index (κ1) is 16.8. The summed E-state index contributed by atoms with van der Waals surface area (Å²) in [5.74, 6) is -0.298. The van der Waals surface area contributed by atoms with Crippen LogP contribution in [0.5, 0.6) is 0 Å². The molecule has 0 radical (unpaired) electrons. The third-order valence-electron chi connectivity index (χ3n) is 2.86. The molecule has 0 saturated heterocycles. The SMILES string of the molecule is CCCCN(Cl)c1ccc(C(=O)OCCN(C)C)cc1. The Morgan fingerprint density at radius 1 is 1.20 bits per heavy atom. The van der Waals surface area contributed by atoms with Crippen molar-refractivity contribution in [3.63, 3.8) is 0 Å². The average molecular weight is 299 g/mol. The van der Waals surface area contributed by atoms with Crippen molar-refractivity contribution in [1.82, 2.24) is 4.90 Å². The van der Waals surface area contributed by atoms with E-state index in [1.807, 2.05) is 31.1 Å². The molecule has 0 saturated carbocycles. The van der Waals surface area contributed by atoms with Gasteiger partial charge in [-0.1, -0.05) is 13.3 Å². The summed E-state index contributed by atoms with van der Waals surface area (Å²) in [6.45, 7) is 4.03. The highest BCUT2D eigenvalue weighted by molar-refractivity contribution is 6.25. The molecule has 20 heavy (non-hydrogen) atoms. The fraction of sp³-hybridized carbons (Fsp3) is 0.533. The number of ether oxygens (including phenoxy) is 1. The van der Waals surface area contributed by atoms with E-state index in [9.17, 15) is 4.79 Å². The number of anilines is 1. The largest absolute Gasteiger partial charge is 0.461 e. The van der Waals surface area contributed by atoms with Crippen LogP contribution in [0.25, 0.3) is 0 Å². The van der Waals surface area contributed by atoms with Gasteiger partial charge in [-0.15, -0.1) is 0 Å². The quantitative estimate of drug-likeness (QED) is 0.545. The maximum Gasteiger partial charge on any atom is 0.338 e. The molecule has 0 spiro atoms. The average Bonchev–Trinajstić information content (AvgIpc) is 2.44. The Hall–Kier alpha value is -1.26. The van der Waals surface area contributed by atoms with E-state index >= 15 is 0 Å². The predicted octanol–water partition coefficient (Wildman–Crippen LogP) is 3.17. The summed E-state index contributed by atoms with van der Waals surface area (Å²) in [4.78, 5) is 13.8. The molecule has 0 atom stereocenters. The summed E-state index contributed by atoms with van der Waals surface area (Å²) in [7, 11) is 3.88. The first-order valence-electron chi connectivity index (χ1n) is 6.89. The van der Waals surface area contributed by atoms with E-state index in [4.69, 9.17) is 16.5 Å². The van der Waals surface area contributed by atoms with Gasteiger partial charge in [0.2, 0.25) is 0 Å². The number of hydrogen-bond donors (Lipinski definition) is 0. The van der Waals surface area contributed by atoms with Gasteiger partial charge in [0, 0.05) is 24.9 Å². The molecular formula is C15H23ClN2O2. The van der Waals surface area contributed by atoms with E-state index in [1.54, 1.807) is 16.6 Å². The van der Waals surface area contributed by atoms with Gasteiger partial charge in [-0.3, -0.25) is 4.42 Å². The summed E-state index contributed by atoms with van der Waals surface area (Å²) in [6, 6.07) is 7.17. The zero-order chi connectivity index (χ0) is 15.0. The standard InChI is InChI=1S/C15H23ClN2O2/c1-4-5-10-18(16)14-8-6-13(7-9-14)15(19)20-12-11-17(2)3/h6-9H,4-5,10-12H2,1-3H3. The predicted molar refractivity (Wildman–Crippen MR) is 83.4 cm³/mol. The van der Waals surface area contributed by atoms with E-state index in [0.717, 1.165) is 31.6 Å². The molecule has 0 aromatic heterocycles. The van der Waals surface area contributed by atoms with E-state index in [-0.39, 0.29) is 5.97 Å². The van der Waals surface area contributed by atoms with Crippen molar-refractivity contribution >= 4 is 23.4 Å². The Labute approximate surface area is 126 Å². The molecule has 0 aliphatic carbocycles. The summed E-state index contributed by atoms with van der Waals surface area (Å²) < 4.78 is 6.85. The van der Waals surface area contributed by atoms with E-state index in [0.29, 0.717) is 12.2 Å². The lowest BCUT2D eigenvalue weighted by atomic mass is 10.2. The monoisotopic (exact) mass is 298 g/mol. The molecule has 1 rings (SSSR count). The number of halogens is 1. The lowest BCUT2D eigenvalue weighted by Gasteiger charge is -2.15. The molecule has 1 aromatic carbocycles. The highest BCUT2D eigenvalue weighted by Gasteiger charge is 2.08. The number of unbranched alkanes of at least 4 members (excludes halogenated alkanes) is 1. The minimum atomic E-state index is -0.298. The number of esters is 1. The number of likely N-dealkylation sites (N-methyl/N-ethyl adjacent to an activating group) is 1. The molecule has 0 unspecified atom stereocenters. The minimum Gasteiger partial charge on any atom is -0.461 e. The van der Waals surface area contributed by atoms with Crippen LogP contribution in [0.3, 0.4) is 0 Å². The molecule has 0 aliphatic rings. The third-order valence-corrected chi connectivity index (χ3v) is 3.23. The van der Waals surface area contributed by atoms with Crippen LogP contribution < -0.4 is 4.42 Å². The van der Waals surface area contributed by atoms with Crippen molar-refractivity contribution in [1.29, 1.82) is 0 Å². The summed E-state index contributed by atoms with van der Waals surface area (Å²) in [5, 5.41) is 0. The second-order valence-electron chi connectivity index (χ2n) is 4.93. The van der Waals surface area contributed by atoms with Gasteiger partial charge in [-0.05, 0) is 44.8 Å². The molecule has 0 aliphatic heterocycles. The second kappa shape index (κ2) is 8.82. The van der Waals surface area contributed by atoms with Gasteiger partial charge in [0.1, 0.15) is 6.61 Å². The van der Waals surface area contributed by atoms with Crippen LogP contribution in [0.2, 0.25) is 0 Å².